The molecule has 0 aromatic heterocycles. The fourth-order valence-electron chi connectivity index (χ4n) is 3.11. The summed E-state index contributed by atoms with van der Waals surface area (Å²) in [5.74, 6) is -0.474. The van der Waals surface area contributed by atoms with Gasteiger partial charge in [0.15, 0.2) is 5.17 Å². The van der Waals surface area contributed by atoms with Crippen LogP contribution in [0.2, 0.25) is 0 Å². The molecule has 7 nitrogen and oxygen atoms in total. The molecular formula is C24H18Br2N4O3S. The Morgan fingerprint density at radius 1 is 1.00 bits per heavy atom. The smallest absolute Gasteiger partial charge is 0.247 e. The number of amides is 2. The van der Waals surface area contributed by atoms with Crippen molar-refractivity contribution in [3.8, 4) is 5.75 Å². The van der Waals surface area contributed by atoms with Gasteiger partial charge >= 0.3 is 0 Å². The lowest BCUT2D eigenvalue weighted by molar-refractivity contribution is -0.121. The second-order valence-corrected chi connectivity index (χ2v) is 10.2. The summed E-state index contributed by atoms with van der Waals surface area (Å²) in [6.07, 6.45) is 1.57. The van der Waals surface area contributed by atoms with Crippen LogP contribution in [0.1, 0.15) is 12.0 Å². The number of hydrogen-bond acceptors (Lipinski definition) is 6. The molecule has 1 aliphatic rings. The zero-order valence-electron chi connectivity index (χ0n) is 17.6. The molecule has 1 unspecified atom stereocenters. The van der Waals surface area contributed by atoms with Gasteiger partial charge in [0.05, 0.1) is 11.9 Å². The van der Waals surface area contributed by atoms with Crippen molar-refractivity contribution in [1.82, 2.24) is 0 Å². The first-order valence-corrected chi connectivity index (χ1v) is 12.6. The van der Waals surface area contributed by atoms with Crippen molar-refractivity contribution in [2.24, 2.45) is 10.2 Å². The summed E-state index contributed by atoms with van der Waals surface area (Å²) < 4.78 is 1.86. The van der Waals surface area contributed by atoms with Crippen molar-refractivity contribution in [2.75, 3.05) is 10.2 Å². The number of thioether (sulfide) groups is 1. The molecule has 0 radical (unpaired) electrons. The maximum absolute atomic E-state index is 13.2. The van der Waals surface area contributed by atoms with Crippen LogP contribution in [0.25, 0.3) is 0 Å². The van der Waals surface area contributed by atoms with E-state index in [-0.39, 0.29) is 24.0 Å². The van der Waals surface area contributed by atoms with Crippen LogP contribution in [0.3, 0.4) is 0 Å². The quantitative estimate of drug-likeness (QED) is 0.276. The standard InChI is InChI=1S/C24H18Br2N4O3S/c25-16-3-1-15(2-4-16)14-27-29-24-30(19-9-11-20(31)12-10-19)23(33)21(34-24)13-22(32)28-18-7-5-17(26)6-8-18/h1-12,14,21,31H,13H2,(H,28,32)/b27-14+,29-24-. The maximum atomic E-state index is 13.2. The minimum absolute atomic E-state index is 0.0242. The summed E-state index contributed by atoms with van der Waals surface area (Å²) in [6.45, 7) is 0. The van der Waals surface area contributed by atoms with Crippen molar-refractivity contribution in [3.63, 3.8) is 0 Å². The minimum atomic E-state index is -0.661. The highest BCUT2D eigenvalue weighted by atomic mass is 79.9. The number of nitrogens with zero attached hydrogens (tertiary/aromatic N) is 3. The molecule has 0 aliphatic carbocycles. The van der Waals surface area contributed by atoms with Gasteiger partial charge < -0.3 is 10.4 Å². The van der Waals surface area contributed by atoms with Crippen molar-refractivity contribution in [2.45, 2.75) is 11.7 Å². The first-order chi connectivity index (χ1) is 16.4. The van der Waals surface area contributed by atoms with Gasteiger partial charge in [-0.15, -0.1) is 5.10 Å². The highest BCUT2D eigenvalue weighted by Crippen LogP contribution is 2.34. The Labute approximate surface area is 217 Å². The van der Waals surface area contributed by atoms with Crippen molar-refractivity contribution in [3.05, 3.63) is 87.3 Å². The van der Waals surface area contributed by atoms with Gasteiger partial charge in [-0.1, -0.05) is 55.8 Å². The summed E-state index contributed by atoms with van der Waals surface area (Å²) in [7, 11) is 0. The van der Waals surface area contributed by atoms with Gasteiger partial charge in [0.1, 0.15) is 11.0 Å². The summed E-state index contributed by atoms with van der Waals surface area (Å²) in [5, 5.41) is 20.5. The summed E-state index contributed by atoms with van der Waals surface area (Å²) in [4.78, 5) is 27.2. The van der Waals surface area contributed by atoms with Crippen LogP contribution in [0.4, 0.5) is 11.4 Å². The first-order valence-electron chi connectivity index (χ1n) is 10.1. The Balaban J connectivity index is 1.53. The van der Waals surface area contributed by atoms with E-state index in [9.17, 15) is 14.7 Å². The molecule has 1 saturated heterocycles. The molecule has 2 N–H and O–H groups in total. The Hall–Kier alpha value is -2.95. The SMILES string of the molecule is O=C(CC1S/C(=N\N=C\c2ccc(Br)cc2)N(c2ccc(O)cc2)C1=O)Nc1ccc(Br)cc1. The number of anilines is 2. The summed E-state index contributed by atoms with van der Waals surface area (Å²) in [6, 6.07) is 21.0. The van der Waals surface area contributed by atoms with Crippen LogP contribution in [-0.4, -0.2) is 33.6 Å². The van der Waals surface area contributed by atoms with Gasteiger partial charge in [-0.3, -0.25) is 14.5 Å². The number of amidine groups is 1. The van der Waals surface area contributed by atoms with Crippen molar-refractivity contribution >= 4 is 78.2 Å². The van der Waals surface area contributed by atoms with Gasteiger partial charge in [0.25, 0.3) is 0 Å². The molecule has 10 heteroatoms. The average Bonchev–Trinajstić information content (AvgIpc) is 3.12. The van der Waals surface area contributed by atoms with E-state index in [2.05, 4.69) is 47.4 Å². The highest BCUT2D eigenvalue weighted by Gasteiger charge is 2.40. The van der Waals surface area contributed by atoms with Crippen LogP contribution in [0, 0.1) is 0 Å². The molecule has 3 aromatic rings. The number of halogens is 2. The number of rotatable bonds is 6. The summed E-state index contributed by atoms with van der Waals surface area (Å²) in [5.41, 5.74) is 2.03. The Bertz CT molecular complexity index is 1250. The third-order valence-electron chi connectivity index (χ3n) is 4.76. The largest absolute Gasteiger partial charge is 0.508 e. The second-order valence-electron chi connectivity index (χ2n) is 7.23. The molecule has 172 valence electrons. The maximum Gasteiger partial charge on any atom is 0.247 e. The Morgan fingerprint density at radius 2 is 1.62 bits per heavy atom. The highest BCUT2D eigenvalue weighted by molar-refractivity contribution is 9.10. The minimum Gasteiger partial charge on any atom is -0.508 e. The third kappa shape index (κ3) is 6.13. The van der Waals surface area contributed by atoms with Gasteiger partial charge in [-0.05, 0) is 66.2 Å². The van der Waals surface area contributed by atoms with Crippen LogP contribution >= 0.6 is 43.6 Å². The lowest BCUT2D eigenvalue weighted by Gasteiger charge is -2.16. The lowest BCUT2D eigenvalue weighted by Crippen LogP contribution is -2.33. The number of phenolic OH excluding ortho intramolecular Hbond substituents is 1. The van der Waals surface area contributed by atoms with Gasteiger partial charge in [-0.2, -0.15) is 5.10 Å². The number of carbonyl (C=O) groups excluding carboxylic acids is 2. The topological polar surface area (TPSA) is 94.4 Å². The predicted octanol–water partition coefficient (Wildman–Crippen LogP) is 5.78. The van der Waals surface area contributed by atoms with E-state index in [1.54, 1.807) is 30.5 Å². The van der Waals surface area contributed by atoms with Crippen LogP contribution in [-0.2, 0) is 9.59 Å². The van der Waals surface area contributed by atoms with E-state index in [1.807, 2.05) is 36.4 Å². The molecule has 34 heavy (non-hydrogen) atoms. The van der Waals surface area contributed by atoms with Crippen LogP contribution in [0.5, 0.6) is 5.75 Å². The molecule has 4 rings (SSSR count). The van der Waals surface area contributed by atoms with Crippen molar-refractivity contribution < 1.29 is 14.7 Å². The molecule has 0 saturated carbocycles. The zero-order chi connectivity index (χ0) is 24.1. The zero-order valence-corrected chi connectivity index (χ0v) is 21.5. The molecule has 0 bridgehead atoms. The molecule has 1 aliphatic heterocycles. The van der Waals surface area contributed by atoms with E-state index in [1.165, 1.54) is 28.8 Å². The average molecular weight is 602 g/mol. The van der Waals surface area contributed by atoms with E-state index < -0.39 is 5.25 Å². The molecule has 0 spiro atoms. The molecule has 1 heterocycles. The van der Waals surface area contributed by atoms with Crippen LogP contribution < -0.4 is 10.2 Å². The molecule has 1 fully saturated rings. The van der Waals surface area contributed by atoms with E-state index in [0.717, 1.165) is 14.5 Å². The van der Waals surface area contributed by atoms with E-state index >= 15 is 0 Å². The number of hydrogen-bond donors (Lipinski definition) is 2. The first kappa shape index (κ1) is 24.2. The van der Waals surface area contributed by atoms with Crippen molar-refractivity contribution in [1.29, 1.82) is 0 Å². The van der Waals surface area contributed by atoms with Gasteiger partial charge in [-0.25, -0.2) is 0 Å². The number of benzene rings is 3. The molecular weight excluding hydrogens is 584 g/mol. The Morgan fingerprint density at radius 3 is 2.26 bits per heavy atom. The number of aromatic hydroxyl groups is 1. The molecule has 2 amide bonds. The summed E-state index contributed by atoms with van der Waals surface area (Å²) >= 11 is 7.93. The second kappa shape index (κ2) is 11.0. The lowest BCUT2D eigenvalue weighted by atomic mass is 10.2. The van der Waals surface area contributed by atoms with Gasteiger partial charge in [0.2, 0.25) is 11.8 Å². The fourth-order valence-corrected chi connectivity index (χ4v) is 4.73. The van der Waals surface area contributed by atoms with Gasteiger partial charge in [0, 0.05) is 21.1 Å². The molecule has 3 aromatic carbocycles. The Kier molecular flexibility index (Phi) is 7.81. The molecule has 1 atom stereocenters. The number of phenols is 1. The monoisotopic (exact) mass is 600 g/mol. The fraction of sp³-hybridized carbons (Fsp3) is 0.0833. The van der Waals surface area contributed by atoms with E-state index in [0.29, 0.717) is 16.5 Å². The number of nitrogens with one attached hydrogen (secondary N) is 1. The third-order valence-corrected chi connectivity index (χ3v) is 6.95. The predicted molar refractivity (Wildman–Crippen MR) is 144 cm³/mol. The van der Waals surface area contributed by atoms with Crippen LogP contribution in [0.15, 0.2) is 91.9 Å². The number of carbonyl (C=O) groups is 2. The van der Waals surface area contributed by atoms with E-state index in [4.69, 9.17) is 0 Å². The normalized spacial score (nSPS) is 17.0.